The lowest BCUT2D eigenvalue weighted by atomic mass is 9.97. The van der Waals surface area contributed by atoms with Crippen molar-refractivity contribution < 1.29 is 9.53 Å². The Morgan fingerprint density at radius 2 is 1.94 bits per heavy atom. The van der Waals surface area contributed by atoms with Crippen LogP contribution in [0.5, 0.6) is 0 Å². The first-order valence-electron chi connectivity index (χ1n) is 9.63. The molecule has 0 saturated heterocycles. The van der Waals surface area contributed by atoms with Crippen molar-refractivity contribution in [2.75, 3.05) is 11.9 Å². The Balaban J connectivity index is 2.07. The monoisotopic (exact) mass is 484 g/mol. The number of fused-ring (bicyclic) bond motifs is 1. The van der Waals surface area contributed by atoms with Crippen molar-refractivity contribution in [3.63, 3.8) is 0 Å². The van der Waals surface area contributed by atoms with Gasteiger partial charge < -0.3 is 10.1 Å². The molecule has 11 heteroatoms. The molecule has 0 amide bonds. The van der Waals surface area contributed by atoms with Gasteiger partial charge in [-0.15, -0.1) is 0 Å². The molecule has 166 valence electrons. The Bertz CT molecular complexity index is 1110. The van der Waals surface area contributed by atoms with Gasteiger partial charge in [0.1, 0.15) is 23.9 Å². The van der Waals surface area contributed by atoms with E-state index in [2.05, 4.69) is 25.4 Å². The molecule has 3 rings (SSSR count). The minimum atomic E-state index is -0.605. The van der Waals surface area contributed by atoms with Crippen LogP contribution in [-0.2, 0) is 9.53 Å². The molecule has 0 aromatic carbocycles. The molecule has 0 saturated carbocycles. The van der Waals surface area contributed by atoms with Gasteiger partial charge in [-0.25, -0.2) is 0 Å². The Morgan fingerprint density at radius 3 is 2.55 bits per heavy atom. The van der Waals surface area contributed by atoms with Gasteiger partial charge in [-0.1, -0.05) is 48.7 Å². The number of nitrogens with one attached hydrogen (secondary N) is 1. The number of hydrogen-bond acceptors (Lipinski definition) is 7. The van der Waals surface area contributed by atoms with Crippen molar-refractivity contribution in [2.45, 2.75) is 40.7 Å². The average molecular weight is 486 g/mol. The Hall–Kier alpha value is -2.16. The van der Waals surface area contributed by atoms with Crippen LogP contribution < -0.4 is 5.32 Å². The second-order valence-corrected chi connectivity index (χ2v) is 9.63. The molecule has 3 heterocycles. The minimum absolute atomic E-state index is 0.0970. The summed E-state index contributed by atoms with van der Waals surface area (Å²) in [5.74, 6) is 0.589. The zero-order valence-corrected chi connectivity index (χ0v) is 20.0. The SMILES string of the molecule is CC(C)[C@@H](COC(=O)C(C)(C)C)Nc1c(-c2ncc(Cl)cc2Cl)c(Cl)nc2ncnn12. The van der Waals surface area contributed by atoms with Crippen molar-refractivity contribution in [1.82, 2.24) is 24.6 Å². The first-order valence-corrected chi connectivity index (χ1v) is 10.8. The van der Waals surface area contributed by atoms with Gasteiger partial charge in [0.15, 0.2) is 0 Å². The van der Waals surface area contributed by atoms with Crippen LogP contribution in [0.2, 0.25) is 15.2 Å². The van der Waals surface area contributed by atoms with E-state index in [0.717, 1.165) is 0 Å². The summed E-state index contributed by atoms with van der Waals surface area (Å²) in [6.45, 7) is 9.59. The van der Waals surface area contributed by atoms with Crippen molar-refractivity contribution in [1.29, 1.82) is 0 Å². The zero-order valence-electron chi connectivity index (χ0n) is 17.8. The largest absolute Gasteiger partial charge is 0.463 e. The first kappa shape index (κ1) is 23.5. The molecule has 1 N–H and O–H groups in total. The van der Waals surface area contributed by atoms with Crippen molar-refractivity contribution >= 4 is 52.4 Å². The topological polar surface area (TPSA) is 94.3 Å². The molecule has 0 unspecified atom stereocenters. The lowest BCUT2D eigenvalue weighted by molar-refractivity contribution is -0.153. The molecule has 0 aliphatic rings. The fraction of sp³-hybridized carbons (Fsp3) is 0.450. The second kappa shape index (κ2) is 9.14. The van der Waals surface area contributed by atoms with Gasteiger partial charge in [-0.05, 0) is 32.8 Å². The lowest BCUT2D eigenvalue weighted by Gasteiger charge is -2.26. The summed E-state index contributed by atoms with van der Waals surface area (Å²) < 4.78 is 7.07. The third-order valence-electron chi connectivity index (χ3n) is 4.56. The summed E-state index contributed by atoms with van der Waals surface area (Å²) in [4.78, 5) is 25.0. The Kier molecular flexibility index (Phi) is 6.93. The molecular formula is C20H23Cl3N6O2. The van der Waals surface area contributed by atoms with Gasteiger partial charge in [0.25, 0.3) is 5.78 Å². The van der Waals surface area contributed by atoms with Crippen molar-refractivity contribution in [2.24, 2.45) is 11.3 Å². The molecule has 3 aromatic rings. The summed E-state index contributed by atoms with van der Waals surface area (Å²) >= 11 is 18.9. The molecular weight excluding hydrogens is 463 g/mol. The zero-order chi connectivity index (χ0) is 22.9. The highest BCUT2D eigenvalue weighted by atomic mass is 35.5. The van der Waals surface area contributed by atoms with E-state index in [1.165, 1.54) is 17.0 Å². The van der Waals surface area contributed by atoms with Crippen LogP contribution in [-0.4, -0.2) is 43.2 Å². The molecule has 31 heavy (non-hydrogen) atoms. The summed E-state index contributed by atoms with van der Waals surface area (Å²) in [6.07, 6.45) is 2.84. The number of anilines is 1. The van der Waals surface area contributed by atoms with Crippen LogP contribution >= 0.6 is 34.8 Å². The van der Waals surface area contributed by atoms with Crippen molar-refractivity contribution in [3.8, 4) is 11.3 Å². The van der Waals surface area contributed by atoms with E-state index in [9.17, 15) is 4.79 Å². The van der Waals surface area contributed by atoms with Crippen LogP contribution in [0.1, 0.15) is 34.6 Å². The number of rotatable bonds is 6. The predicted octanol–water partition coefficient (Wildman–Crippen LogP) is 5.17. The number of carbonyl (C=O) groups excluding carboxylic acids is 1. The summed E-state index contributed by atoms with van der Waals surface area (Å²) in [5, 5.41) is 8.49. The number of hydrogen-bond donors (Lipinski definition) is 1. The minimum Gasteiger partial charge on any atom is -0.463 e. The van der Waals surface area contributed by atoms with Crippen LogP contribution in [0.15, 0.2) is 18.6 Å². The number of esters is 1. The summed E-state index contributed by atoms with van der Waals surface area (Å²) in [6, 6.07) is 1.31. The Morgan fingerprint density at radius 1 is 1.23 bits per heavy atom. The van der Waals surface area contributed by atoms with Crippen LogP contribution in [0.25, 0.3) is 17.0 Å². The van der Waals surface area contributed by atoms with E-state index < -0.39 is 5.41 Å². The number of aromatic nitrogens is 5. The molecule has 0 aliphatic carbocycles. The van der Waals surface area contributed by atoms with E-state index in [4.69, 9.17) is 39.5 Å². The van der Waals surface area contributed by atoms with Crippen LogP contribution in [0.3, 0.4) is 0 Å². The molecule has 0 radical (unpaired) electrons. The molecule has 0 aliphatic heterocycles. The van der Waals surface area contributed by atoms with E-state index in [0.29, 0.717) is 32.9 Å². The molecule has 0 spiro atoms. The molecule has 8 nitrogen and oxygen atoms in total. The number of halogens is 3. The molecule has 0 bridgehead atoms. The normalized spacial score (nSPS) is 12.9. The van der Waals surface area contributed by atoms with Gasteiger partial charge in [-0.3, -0.25) is 9.78 Å². The number of ether oxygens (including phenoxy) is 1. The van der Waals surface area contributed by atoms with Gasteiger partial charge >= 0.3 is 5.97 Å². The van der Waals surface area contributed by atoms with E-state index in [-0.39, 0.29) is 29.7 Å². The second-order valence-electron chi connectivity index (χ2n) is 8.43. The molecule has 3 aromatic heterocycles. The average Bonchev–Trinajstić information content (AvgIpc) is 3.12. The van der Waals surface area contributed by atoms with Gasteiger partial charge in [0.05, 0.1) is 32.8 Å². The smallest absolute Gasteiger partial charge is 0.311 e. The third kappa shape index (κ3) is 5.19. The summed E-state index contributed by atoms with van der Waals surface area (Å²) in [5.41, 5.74) is 0.221. The first-order chi connectivity index (χ1) is 14.5. The van der Waals surface area contributed by atoms with Gasteiger partial charge in [-0.2, -0.15) is 19.6 Å². The maximum atomic E-state index is 12.3. The number of pyridine rings is 1. The maximum Gasteiger partial charge on any atom is 0.311 e. The Labute approximate surface area is 195 Å². The highest BCUT2D eigenvalue weighted by Crippen LogP contribution is 2.38. The van der Waals surface area contributed by atoms with Gasteiger partial charge in [0, 0.05) is 6.20 Å². The van der Waals surface area contributed by atoms with E-state index >= 15 is 0 Å². The number of nitrogens with zero attached hydrogens (tertiary/aromatic N) is 5. The summed E-state index contributed by atoms with van der Waals surface area (Å²) in [7, 11) is 0. The lowest BCUT2D eigenvalue weighted by Crippen LogP contribution is -2.35. The highest BCUT2D eigenvalue weighted by Gasteiger charge is 2.27. The fourth-order valence-corrected chi connectivity index (χ4v) is 3.45. The standard InChI is InChI=1S/C20H23Cl3N6O2/c1-10(2)13(8-31-18(30)20(3,4)5)27-17-14(15-12(22)6-11(21)7-24-15)16(23)28-19-25-9-26-29(17)19/h6-7,9-10,13,27H,8H2,1-5H3/t13-/m1/s1. The van der Waals surface area contributed by atoms with E-state index in [1.54, 1.807) is 26.8 Å². The van der Waals surface area contributed by atoms with Gasteiger partial charge in [0.2, 0.25) is 0 Å². The molecule has 0 fully saturated rings. The predicted molar refractivity (Wildman–Crippen MR) is 122 cm³/mol. The highest BCUT2D eigenvalue weighted by molar-refractivity contribution is 6.37. The van der Waals surface area contributed by atoms with Crippen LogP contribution in [0.4, 0.5) is 5.82 Å². The van der Waals surface area contributed by atoms with Crippen molar-refractivity contribution in [3.05, 3.63) is 33.8 Å². The van der Waals surface area contributed by atoms with Crippen LogP contribution in [0, 0.1) is 11.3 Å². The fourth-order valence-electron chi connectivity index (χ4n) is 2.72. The molecule has 1 atom stereocenters. The maximum absolute atomic E-state index is 12.3. The quantitative estimate of drug-likeness (QED) is 0.380. The number of carbonyl (C=O) groups is 1. The third-order valence-corrected chi connectivity index (χ3v) is 5.33. The van der Waals surface area contributed by atoms with E-state index in [1.807, 2.05) is 13.8 Å².